The van der Waals surface area contributed by atoms with Crippen molar-refractivity contribution < 1.29 is 29.0 Å². The van der Waals surface area contributed by atoms with Gasteiger partial charge in [-0.25, -0.2) is 9.59 Å². The average molecular weight is 386 g/mol. The number of methoxy groups -OCH3 is 1. The fourth-order valence-electron chi connectivity index (χ4n) is 3.31. The SMILES string of the molecule is CC(C)(C)OC(=O)N[C@@H](C(=O)O)C1CCCCC1.COC(=O)[C@@H]1CCCN1. The Balaban J connectivity index is 0.000000337. The minimum atomic E-state index is -0.979. The van der Waals surface area contributed by atoms with E-state index in [-0.39, 0.29) is 17.9 Å². The van der Waals surface area contributed by atoms with Crippen molar-refractivity contribution in [2.75, 3.05) is 13.7 Å². The summed E-state index contributed by atoms with van der Waals surface area (Å²) < 4.78 is 9.63. The third kappa shape index (κ3) is 9.08. The van der Waals surface area contributed by atoms with Crippen LogP contribution in [-0.4, -0.2) is 54.5 Å². The maximum Gasteiger partial charge on any atom is 0.408 e. The second kappa shape index (κ2) is 11.1. The first-order chi connectivity index (χ1) is 12.6. The van der Waals surface area contributed by atoms with Crippen molar-refractivity contribution in [3.05, 3.63) is 0 Å². The summed E-state index contributed by atoms with van der Waals surface area (Å²) in [5.41, 5.74) is -0.611. The van der Waals surface area contributed by atoms with E-state index < -0.39 is 23.7 Å². The molecule has 3 N–H and O–H groups in total. The van der Waals surface area contributed by atoms with Gasteiger partial charge >= 0.3 is 18.0 Å². The van der Waals surface area contributed by atoms with E-state index in [1.54, 1.807) is 20.8 Å². The molecule has 1 saturated carbocycles. The Morgan fingerprint density at radius 3 is 2.15 bits per heavy atom. The molecule has 0 aromatic heterocycles. The molecule has 0 aromatic rings. The standard InChI is InChI=1S/C13H23NO4.C6H11NO2/c1-13(2,3)18-12(17)14-10(11(15)16)9-7-5-4-6-8-9;1-9-6(8)5-3-2-4-7-5/h9-10H,4-8H2,1-3H3,(H,14,17)(H,15,16);5,7H,2-4H2,1H3/t10-;5-/m10/s1. The van der Waals surface area contributed by atoms with Gasteiger partial charge in [0.25, 0.3) is 0 Å². The van der Waals surface area contributed by atoms with Gasteiger partial charge in [0.2, 0.25) is 0 Å². The Hall–Kier alpha value is -1.83. The summed E-state index contributed by atoms with van der Waals surface area (Å²) in [6, 6.07) is -0.866. The molecule has 2 atom stereocenters. The van der Waals surface area contributed by atoms with Gasteiger partial charge in [-0.15, -0.1) is 0 Å². The lowest BCUT2D eigenvalue weighted by Crippen LogP contribution is -2.48. The molecule has 8 heteroatoms. The third-order valence-electron chi connectivity index (χ3n) is 4.61. The molecule has 27 heavy (non-hydrogen) atoms. The van der Waals surface area contributed by atoms with Crippen LogP contribution in [0, 0.1) is 5.92 Å². The molecule has 2 aliphatic rings. The van der Waals surface area contributed by atoms with E-state index in [1.807, 2.05) is 0 Å². The lowest BCUT2D eigenvalue weighted by atomic mass is 9.84. The number of amides is 1. The molecule has 156 valence electrons. The Kier molecular flexibility index (Phi) is 9.55. The number of esters is 1. The topological polar surface area (TPSA) is 114 Å². The summed E-state index contributed by atoms with van der Waals surface area (Å²) >= 11 is 0. The number of ether oxygens (including phenoxy) is 2. The van der Waals surface area contributed by atoms with Gasteiger partial charge in [-0.05, 0) is 58.9 Å². The molecule has 0 bridgehead atoms. The molecule has 1 aliphatic carbocycles. The van der Waals surface area contributed by atoms with E-state index in [1.165, 1.54) is 7.11 Å². The Morgan fingerprint density at radius 2 is 1.70 bits per heavy atom. The van der Waals surface area contributed by atoms with Gasteiger partial charge in [0.1, 0.15) is 17.7 Å². The highest BCUT2D eigenvalue weighted by Gasteiger charge is 2.32. The molecular weight excluding hydrogens is 352 g/mol. The maximum absolute atomic E-state index is 11.6. The molecule has 1 heterocycles. The highest BCUT2D eigenvalue weighted by molar-refractivity contribution is 5.80. The van der Waals surface area contributed by atoms with Crippen LogP contribution < -0.4 is 10.6 Å². The Bertz CT molecular complexity index is 491. The molecule has 0 aromatic carbocycles. The van der Waals surface area contributed by atoms with Crippen LogP contribution in [0.15, 0.2) is 0 Å². The van der Waals surface area contributed by atoms with Crippen molar-refractivity contribution in [1.82, 2.24) is 10.6 Å². The summed E-state index contributed by atoms with van der Waals surface area (Å²) in [6.45, 7) is 6.20. The van der Waals surface area contributed by atoms with Gasteiger partial charge in [0.15, 0.2) is 0 Å². The number of hydrogen-bond acceptors (Lipinski definition) is 6. The van der Waals surface area contributed by atoms with Crippen LogP contribution in [0.4, 0.5) is 4.79 Å². The highest BCUT2D eigenvalue weighted by Crippen LogP contribution is 2.26. The Labute approximate surface area is 161 Å². The maximum atomic E-state index is 11.6. The summed E-state index contributed by atoms with van der Waals surface area (Å²) in [4.78, 5) is 33.6. The van der Waals surface area contributed by atoms with E-state index in [9.17, 15) is 19.5 Å². The van der Waals surface area contributed by atoms with Crippen molar-refractivity contribution in [3.8, 4) is 0 Å². The van der Waals surface area contributed by atoms with Gasteiger partial charge in [-0.2, -0.15) is 0 Å². The number of aliphatic carboxylic acids is 1. The molecule has 1 aliphatic heterocycles. The fraction of sp³-hybridized carbons (Fsp3) is 0.842. The van der Waals surface area contributed by atoms with Crippen LogP contribution in [-0.2, 0) is 19.1 Å². The van der Waals surface area contributed by atoms with Crippen LogP contribution in [0.1, 0.15) is 65.7 Å². The number of hydrogen-bond donors (Lipinski definition) is 3. The second-order valence-electron chi connectivity index (χ2n) is 8.03. The largest absolute Gasteiger partial charge is 0.480 e. The summed E-state index contributed by atoms with van der Waals surface area (Å²) in [7, 11) is 1.42. The molecule has 1 amide bonds. The normalized spacial score (nSPS) is 21.4. The smallest absolute Gasteiger partial charge is 0.408 e. The van der Waals surface area contributed by atoms with Crippen LogP contribution in [0.2, 0.25) is 0 Å². The van der Waals surface area contributed by atoms with E-state index in [4.69, 9.17) is 4.74 Å². The van der Waals surface area contributed by atoms with E-state index in [2.05, 4.69) is 15.4 Å². The first kappa shape index (κ1) is 23.2. The first-order valence-corrected chi connectivity index (χ1v) is 9.67. The summed E-state index contributed by atoms with van der Waals surface area (Å²) in [5, 5.41) is 14.7. The molecule has 2 rings (SSSR count). The number of carbonyl (C=O) groups excluding carboxylic acids is 2. The zero-order valence-corrected chi connectivity index (χ0v) is 16.9. The minimum absolute atomic E-state index is 0.0174. The number of alkyl carbamates (subject to hydrolysis) is 1. The second-order valence-corrected chi connectivity index (χ2v) is 8.03. The zero-order valence-electron chi connectivity index (χ0n) is 16.9. The molecule has 0 radical (unpaired) electrons. The van der Waals surface area contributed by atoms with Crippen molar-refractivity contribution in [2.24, 2.45) is 5.92 Å². The van der Waals surface area contributed by atoms with Crippen molar-refractivity contribution in [1.29, 1.82) is 0 Å². The lowest BCUT2D eigenvalue weighted by Gasteiger charge is -2.29. The summed E-state index contributed by atoms with van der Waals surface area (Å²) in [5.74, 6) is -1.09. The molecule has 0 spiro atoms. The predicted octanol–water partition coefficient (Wildman–Crippen LogP) is 2.46. The van der Waals surface area contributed by atoms with Gasteiger partial charge in [0, 0.05) is 0 Å². The minimum Gasteiger partial charge on any atom is -0.480 e. The number of carboxylic acid groups (broad SMARTS) is 1. The Morgan fingerprint density at radius 1 is 1.07 bits per heavy atom. The van der Waals surface area contributed by atoms with Crippen molar-refractivity contribution in [2.45, 2.75) is 83.4 Å². The predicted molar refractivity (Wildman–Crippen MR) is 100 cm³/mol. The molecular formula is C19H34N2O6. The van der Waals surface area contributed by atoms with Gasteiger partial charge in [0.05, 0.1) is 7.11 Å². The summed E-state index contributed by atoms with van der Waals surface area (Å²) in [6.07, 6.45) is 6.27. The van der Waals surface area contributed by atoms with Crippen LogP contribution in [0.25, 0.3) is 0 Å². The number of carboxylic acids is 1. The monoisotopic (exact) mass is 386 g/mol. The van der Waals surface area contributed by atoms with Crippen molar-refractivity contribution >= 4 is 18.0 Å². The van der Waals surface area contributed by atoms with Gasteiger partial charge in [-0.1, -0.05) is 19.3 Å². The van der Waals surface area contributed by atoms with Gasteiger partial charge < -0.3 is 25.2 Å². The first-order valence-electron chi connectivity index (χ1n) is 9.67. The number of carbonyl (C=O) groups is 3. The quantitative estimate of drug-likeness (QED) is 0.636. The molecule has 8 nitrogen and oxygen atoms in total. The van der Waals surface area contributed by atoms with Gasteiger partial charge in [-0.3, -0.25) is 4.79 Å². The lowest BCUT2D eigenvalue weighted by molar-refractivity contribution is -0.143. The van der Waals surface area contributed by atoms with E-state index in [0.29, 0.717) is 0 Å². The molecule has 0 unspecified atom stereocenters. The van der Waals surface area contributed by atoms with Crippen molar-refractivity contribution in [3.63, 3.8) is 0 Å². The number of nitrogens with one attached hydrogen (secondary N) is 2. The van der Waals surface area contributed by atoms with E-state index in [0.717, 1.165) is 51.5 Å². The highest BCUT2D eigenvalue weighted by atomic mass is 16.6. The molecule has 1 saturated heterocycles. The zero-order chi connectivity index (χ0) is 20.4. The fourth-order valence-corrected chi connectivity index (χ4v) is 3.31. The van der Waals surface area contributed by atoms with E-state index >= 15 is 0 Å². The molecule has 2 fully saturated rings. The van der Waals surface area contributed by atoms with Crippen LogP contribution >= 0.6 is 0 Å². The van der Waals surface area contributed by atoms with Crippen LogP contribution in [0.5, 0.6) is 0 Å². The third-order valence-corrected chi connectivity index (χ3v) is 4.61. The number of rotatable bonds is 4. The van der Waals surface area contributed by atoms with Crippen LogP contribution in [0.3, 0.4) is 0 Å². The average Bonchev–Trinajstić information content (AvgIpc) is 3.13.